The molecule has 0 bridgehead atoms. The molecule has 0 aliphatic heterocycles. The molecule has 38 heavy (non-hydrogen) atoms. The number of halogens is 1. The maximum atomic E-state index is 13.1. The number of hydrogen-bond acceptors (Lipinski definition) is 5. The van der Waals surface area contributed by atoms with Crippen LogP contribution in [0.4, 0.5) is 0 Å². The van der Waals surface area contributed by atoms with Gasteiger partial charge in [0, 0.05) is 16.0 Å². The predicted octanol–water partition coefficient (Wildman–Crippen LogP) is 8.09. The number of hydrogen-bond donors (Lipinski definition) is 0. The maximum absolute atomic E-state index is 13.1. The van der Waals surface area contributed by atoms with Gasteiger partial charge in [0.05, 0.1) is 0 Å². The molecule has 5 aromatic rings. The summed E-state index contributed by atoms with van der Waals surface area (Å²) < 4.78 is 17.3. The van der Waals surface area contributed by atoms with Gasteiger partial charge < -0.3 is 13.9 Å². The fourth-order valence-corrected chi connectivity index (χ4v) is 4.10. The van der Waals surface area contributed by atoms with E-state index in [9.17, 15) is 9.59 Å². The average molecular weight is 523 g/mol. The van der Waals surface area contributed by atoms with Crippen LogP contribution in [0.25, 0.3) is 17.0 Å². The zero-order valence-corrected chi connectivity index (χ0v) is 21.3. The van der Waals surface area contributed by atoms with Crippen LogP contribution in [0.15, 0.2) is 108 Å². The fourth-order valence-electron chi connectivity index (χ4n) is 3.97. The van der Waals surface area contributed by atoms with Gasteiger partial charge in [-0.25, -0.2) is 4.79 Å². The van der Waals surface area contributed by atoms with E-state index in [-0.39, 0.29) is 5.78 Å². The molecule has 0 atom stereocenters. The third-order valence-corrected chi connectivity index (χ3v) is 6.19. The van der Waals surface area contributed by atoms with Gasteiger partial charge in [0.15, 0.2) is 5.78 Å². The van der Waals surface area contributed by atoms with E-state index in [1.54, 1.807) is 67.6 Å². The molecule has 0 unspecified atom stereocenters. The van der Waals surface area contributed by atoms with E-state index >= 15 is 0 Å². The van der Waals surface area contributed by atoms with Crippen molar-refractivity contribution in [2.75, 3.05) is 0 Å². The standard InChI is InChI=1S/C32H23ClO5/c1-21-31(28-19-27(16-18-30(28)37-21)36-20-23-5-3-2-4-6-23)32(35)38-26-14-10-24(11-15-26)29(34)17-9-22-7-12-25(33)13-8-22/h2-19H,20H2,1H3. The lowest BCUT2D eigenvalue weighted by Crippen LogP contribution is -2.09. The quantitative estimate of drug-likeness (QED) is 0.0891. The van der Waals surface area contributed by atoms with Crippen LogP contribution in [0.1, 0.15) is 37.6 Å². The summed E-state index contributed by atoms with van der Waals surface area (Å²) in [5, 5.41) is 1.24. The van der Waals surface area contributed by atoms with Crippen molar-refractivity contribution in [3.63, 3.8) is 0 Å². The van der Waals surface area contributed by atoms with Crippen LogP contribution >= 0.6 is 11.6 Å². The largest absolute Gasteiger partial charge is 0.489 e. The Hall–Kier alpha value is -4.61. The normalized spacial score (nSPS) is 11.1. The van der Waals surface area contributed by atoms with Gasteiger partial charge in [-0.05, 0) is 78.7 Å². The highest BCUT2D eigenvalue weighted by atomic mass is 35.5. The molecular weight excluding hydrogens is 500 g/mol. The molecule has 0 spiro atoms. The lowest BCUT2D eigenvalue weighted by Gasteiger charge is -2.07. The molecule has 0 aliphatic rings. The van der Waals surface area contributed by atoms with Gasteiger partial charge in [-0.3, -0.25) is 4.79 Å². The summed E-state index contributed by atoms with van der Waals surface area (Å²) in [5.74, 6) is 0.661. The predicted molar refractivity (Wildman–Crippen MR) is 148 cm³/mol. The molecule has 5 rings (SSSR count). The molecular formula is C32H23ClO5. The Kier molecular flexibility index (Phi) is 7.38. The first kappa shape index (κ1) is 25.1. The monoisotopic (exact) mass is 522 g/mol. The van der Waals surface area contributed by atoms with Crippen LogP contribution in [0.2, 0.25) is 5.02 Å². The summed E-state index contributed by atoms with van der Waals surface area (Å²) in [5.41, 5.74) is 3.27. The first-order valence-corrected chi connectivity index (χ1v) is 12.3. The maximum Gasteiger partial charge on any atom is 0.347 e. The Balaban J connectivity index is 1.28. The van der Waals surface area contributed by atoms with Gasteiger partial charge in [0.25, 0.3) is 0 Å². The summed E-state index contributed by atoms with van der Waals surface area (Å²) in [4.78, 5) is 25.6. The van der Waals surface area contributed by atoms with E-state index in [0.29, 0.717) is 51.0 Å². The fraction of sp³-hybridized carbons (Fsp3) is 0.0625. The van der Waals surface area contributed by atoms with Crippen LogP contribution in [0, 0.1) is 6.92 Å². The number of rotatable bonds is 8. The Morgan fingerprint density at radius 2 is 1.58 bits per heavy atom. The van der Waals surface area contributed by atoms with Crippen LogP contribution in [-0.2, 0) is 6.61 Å². The number of ketones is 1. The minimum atomic E-state index is -0.553. The SMILES string of the molecule is Cc1oc2ccc(OCc3ccccc3)cc2c1C(=O)Oc1ccc(C(=O)C=Cc2ccc(Cl)cc2)cc1. The molecule has 0 saturated heterocycles. The molecule has 0 N–H and O–H groups in total. The summed E-state index contributed by atoms with van der Waals surface area (Å²) in [6.45, 7) is 2.12. The van der Waals surface area contributed by atoms with Gasteiger partial charge in [-0.1, -0.05) is 60.1 Å². The molecule has 188 valence electrons. The number of fused-ring (bicyclic) bond motifs is 1. The first-order valence-electron chi connectivity index (χ1n) is 12.0. The zero-order valence-electron chi connectivity index (χ0n) is 20.5. The molecule has 1 aromatic heterocycles. The molecule has 5 nitrogen and oxygen atoms in total. The van der Waals surface area contributed by atoms with Crippen molar-refractivity contribution >= 4 is 40.4 Å². The summed E-state index contributed by atoms with van der Waals surface area (Å²) in [6, 6.07) is 28.8. The van der Waals surface area contributed by atoms with Crippen molar-refractivity contribution < 1.29 is 23.5 Å². The Morgan fingerprint density at radius 3 is 2.32 bits per heavy atom. The topological polar surface area (TPSA) is 65.7 Å². The zero-order chi connectivity index (χ0) is 26.5. The summed E-state index contributed by atoms with van der Waals surface area (Å²) in [6.07, 6.45) is 3.21. The number of aryl methyl sites for hydroxylation is 1. The molecule has 0 radical (unpaired) electrons. The van der Waals surface area contributed by atoms with Crippen LogP contribution in [0.5, 0.6) is 11.5 Å². The summed E-state index contributed by atoms with van der Waals surface area (Å²) in [7, 11) is 0. The minimum Gasteiger partial charge on any atom is -0.489 e. The lowest BCUT2D eigenvalue weighted by molar-refractivity contribution is 0.0734. The van der Waals surface area contributed by atoms with Crippen LogP contribution in [0.3, 0.4) is 0 Å². The molecule has 4 aromatic carbocycles. The molecule has 6 heteroatoms. The number of carbonyl (C=O) groups excluding carboxylic acids is 2. The second-order valence-corrected chi connectivity index (χ2v) is 9.06. The van der Waals surface area contributed by atoms with Crippen LogP contribution < -0.4 is 9.47 Å². The number of esters is 1. The second kappa shape index (κ2) is 11.2. The molecule has 1 heterocycles. The van der Waals surface area contributed by atoms with Gasteiger partial charge in [0.1, 0.15) is 35.0 Å². The third-order valence-electron chi connectivity index (χ3n) is 5.93. The first-order chi connectivity index (χ1) is 18.5. The minimum absolute atomic E-state index is 0.169. The highest BCUT2D eigenvalue weighted by Gasteiger charge is 2.21. The Bertz CT molecular complexity index is 1620. The van der Waals surface area contributed by atoms with E-state index in [4.69, 9.17) is 25.5 Å². The van der Waals surface area contributed by atoms with E-state index in [1.807, 2.05) is 42.5 Å². The average Bonchev–Trinajstić information content (AvgIpc) is 3.27. The number of furan rings is 1. The van der Waals surface area contributed by atoms with Crippen molar-refractivity contribution in [3.05, 3.63) is 136 Å². The smallest absolute Gasteiger partial charge is 0.347 e. The van der Waals surface area contributed by atoms with Crippen molar-refractivity contribution in [2.24, 2.45) is 0 Å². The van der Waals surface area contributed by atoms with E-state index < -0.39 is 5.97 Å². The number of allylic oxidation sites excluding steroid dienone is 1. The molecule has 0 saturated carbocycles. The van der Waals surface area contributed by atoms with Crippen molar-refractivity contribution in [1.82, 2.24) is 0 Å². The molecule has 0 amide bonds. The van der Waals surface area contributed by atoms with Crippen molar-refractivity contribution in [2.45, 2.75) is 13.5 Å². The highest BCUT2D eigenvalue weighted by Crippen LogP contribution is 2.30. The van der Waals surface area contributed by atoms with Gasteiger partial charge in [-0.15, -0.1) is 0 Å². The Morgan fingerprint density at radius 1 is 0.868 bits per heavy atom. The molecule has 0 fully saturated rings. The number of benzene rings is 4. The van der Waals surface area contributed by atoms with Gasteiger partial charge in [0.2, 0.25) is 0 Å². The molecule has 0 aliphatic carbocycles. The number of ether oxygens (including phenoxy) is 2. The van der Waals surface area contributed by atoms with Crippen molar-refractivity contribution in [3.8, 4) is 11.5 Å². The third kappa shape index (κ3) is 5.85. The van der Waals surface area contributed by atoms with Gasteiger partial charge in [-0.2, -0.15) is 0 Å². The highest BCUT2D eigenvalue weighted by molar-refractivity contribution is 6.30. The lowest BCUT2D eigenvalue weighted by atomic mass is 10.1. The summed E-state index contributed by atoms with van der Waals surface area (Å²) >= 11 is 5.89. The second-order valence-electron chi connectivity index (χ2n) is 8.63. The van der Waals surface area contributed by atoms with E-state index in [0.717, 1.165) is 11.1 Å². The van der Waals surface area contributed by atoms with Crippen molar-refractivity contribution in [1.29, 1.82) is 0 Å². The van der Waals surface area contributed by atoms with E-state index in [1.165, 1.54) is 6.08 Å². The Labute approximate surface area is 224 Å². The van der Waals surface area contributed by atoms with Gasteiger partial charge >= 0.3 is 5.97 Å². The van der Waals surface area contributed by atoms with Crippen LogP contribution in [-0.4, -0.2) is 11.8 Å². The number of carbonyl (C=O) groups is 2. The van der Waals surface area contributed by atoms with E-state index in [2.05, 4.69) is 0 Å².